The monoisotopic (exact) mass is 310 g/mol. The van der Waals surface area contributed by atoms with E-state index in [2.05, 4.69) is 0 Å². The SMILES string of the molecule is CC(C)(O)CCS(=O)(=O)Cc1c(Cl)cccc1Cl. The smallest absolute Gasteiger partial charge is 0.154 e. The minimum absolute atomic E-state index is 0.0992. The molecule has 1 rings (SSSR count). The van der Waals surface area contributed by atoms with Crippen LogP contribution in [0.15, 0.2) is 18.2 Å². The van der Waals surface area contributed by atoms with Gasteiger partial charge < -0.3 is 5.11 Å². The fourth-order valence-corrected chi connectivity index (χ4v) is 3.76. The molecule has 0 radical (unpaired) electrons. The van der Waals surface area contributed by atoms with E-state index < -0.39 is 15.4 Å². The zero-order valence-electron chi connectivity index (χ0n) is 10.3. The van der Waals surface area contributed by atoms with Gasteiger partial charge >= 0.3 is 0 Å². The fourth-order valence-electron chi connectivity index (χ4n) is 1.37. The van der Waals surface area contributed by atoms with Crippen molar-refractivity contribution in [2.45, 2.75) is 31.6 Å². The minimum atomic E-state index is -3.34. The van der Waals surface area contributed by atoms with Gasteiger partial charge in [0.15, 0.2) is 9.84 Å². The number of aliphatic hydroxyl groups is 1. The molecule has 6 heteroatoms. The van der Waals surface area contributed by atoms with Gasteiger partial charge in [-0.3, -0.25) is 0 Å². The third kappa shape index (κ3) is 5.14. The first-order chi connectivity index (χ1) is 8.11. The second-order valence-electron chi connectivity index (χ2n) is 4.85. The molecule has 1 aromatic carbocycles. The zero-order chi connectivity index (χ0) is 14.0. The topological polar surface area (TPSA) is 54.4 Å². The fraction of sp³-hybridized carbons (Fsp3) is 0.500. The van der Waals surface area contributed by atoms with Crippen LogP contribution in [0.2, 0.25) is 10.0 Å². The third-order valence-electron chi connectivity index (χ3n) is 2.45. The van der Waals surface area contributed by atoms with Crippen LogP contribution in [0.3, 0.4) is 0 Å². The minimum Gasteiger partial charge on any atom is -0.390 e. The molecule has 1 N–H and O–H groups in total. The molecule has 0 bridgehead atoms. The van der Waals surface area contributed by atoms with E-state index in [1.165, 1.54) is 0 Å². The van der Waals surface area contributed by atoms with Crippen LogP contribution in [0.1, 0.15) is 25.8 Å². The quantitative estimate of drug-likeness (QED) is 0.909. The van der Waals surface area contributed by atoms with Gasteiger partial charge in [0.05, 0.1) is 17.1 Å². The van der Waals surface area contributed by atoms with Crippen molar-refractivity contribution in [2.24, 2.45) is 0 Å². The molecule has 1 aromatic rings. The highest BCUT2D eigenvalue weighted by molar-refractivity contribution is 7.90. The van der Waals surface area contributed by atoms with Crippen LogP contribution < -0.4 is 0 Å². The molecule has 0 spiro atoms. The Kier molecular flexibility index (Phi) is 5.06. The molecular formula is C12H16Cl2O3S. The Hall–Kier alpha value is -0.290. The number of hydrogen-bond acceptors (Lipinski definition) is 3. The van der Waals surface area contributed by atoms with E-state index in [9.17, 15) is 13.5 Å². The Balaban J connectivity index is 2.84. The normalized spacial score (nSPS) is 12.7. The molecule has 0 amide bonds. The standard InChI is InChI=1S/C12H16Cl2O3S/c1-12(2,15)6-7-18(16,17)8-9-10(13)4-3-5-11(9)14/h3-5,15H,6-8H2,1-2H3. The van der Waals surface area contributed by atoms with E-state index in [0.29, 0.717) is 15.6 Å². The van der Waals surface area contributed by atoms with Crippen molar-refractivity contribution < 1.29 is 13.5 Å². The highest BCUT2D eigenvalue weighted by atomic mass is 35.5. The predicted octanol–water partition coefficient (Wildman–Crippen LogP) is 3.07. The summed E-state index contributed by atoms with van der Waals surface area (Å²) < 4.78 is 23.8. The lowest BCUT2D eigenvalue weighted by Gasteiger charge is -2.17. The van der Waals surface area contributed by atoms with Crippen LogP contribution >= 0.6 is 23.2 Å². The summed E-state index contributed by atoms with van der Waals surface area (Å²) in [5.74, 6) is -0.306. The van der Waals surface area contributed by atoms with E-state index in [-0.39, 0.29) is 17.9 Å². The first kappa shape index (κ1) is 15.8. The lowest BCUT2D eigenvalue weighted by atomic mass is 10.1. The summed E-state index contributed by atoms with van der Waals surface area (Å²) in [4.78, 5) is 0. The largest absolute Gasteiger partial charge is 0.390 e. The summed E-state index contributed by atoms with van der Waals surface area (Å²) in [6.45, 7) is 3.15. The van der Waals surface area contributed by atoms with Crippen molar-refractivity contribution in [1.82, 2.24) is 0 Å². The van der Waals surface area contributed by atoms with Gasteiger partial charge in [0.25, 0.3) is 0 Å². The van der Waals surface area contributed by atoms with Crippen LogP contribution in [0.4, 0.5) is 0 Å². The van der Waals surface area contributed by atoms with Gasteiger partial charge in [-0.15, -0.1) is 0 Å². The molecule has 0 saturated carbocycles. The van der Waals surface area contributed by atoms with E-state index in [0.717, 1.165) is 0 Å². The van der Waals surface area contributed by atoms with Crippen molar-refractivity contribution in [3.63, 3.8) is 0 Å². The number of sulfone groups is 1. The van der Waals surface area contributed by atoms with Gasteiger partial charge in [0.1, 0.15) is 0 Å². The van der Waals surface area contributed by atoms with Crippen LogP contribution in [-0.2, 0) is 15.6 Å². The number of benzene rings is 1. The molecule has 0 fully saturated rings. The average molecular weight is 311 g/mol. The molecule has 0 aliphatic carbocycles. The number of hydrogen-bond donors (Lipinski definition) is 1. The molecular weight excluding hydrogens is 295 g/mol. The molecule has 0 aliphatic rings. The Bertz CT molecular complexity index is 498. The lowest BCUT2D eigenvalue weighted by Crippen LogP contribution is -2.24. The predicted molar refractivity (Wildman–Crippen MR) is 74.9 cm³/mol. The molecule has 3 nitrogen and oxygen atoms in total. The van der Waals surface area contributed by atoms with E-state index in [1.807, 2.05) is 0 Å². The maximum absolute atomic E-state index is 11.9. The second-order valence-corrected chi connectivity index (χ2v) is 7.85. The molecule has 0 aromatic heterocycles. The average Bonchev–Trinajstić information content (AvgIpc) is 2.20. The third-order valence-corrected chi connectivity index (χ3v) is 4.71. The highest BCUT2D eigenvalue weighted by Gasteiger charge is 2.21. The maximum Gasteiger partial charge on any atom is 0.154 e. The molecule has 0 saturated heterocycles. The van der Waals surface area contributed by atoms with Gasteiger partial charge in [0, 0.05) is 15.6 Å². The summed E-state index contributed by atoms with van der Waals surface area (Å²) in [7, 11) is -3.34. The number of rotatable bonds is 5. The summed E-state index contributed by atoms with van der Waals surface area (Å²) in [6.07, 6.45) is 0.178. The highest BCUT2D eigenvalue weighted by Crippen LogP contribution is 2.26. The van der Waals surface area contributed by atoms with Gasteiger partial charge in [-0.25, -0.2) is 8.42 Å². The first-order valence-electron chi connectivity index (χ1n) is 5.46. The Morgan fingerprint density at radius 3 is 2.17 bits per heavy atom. The van der Waals surface area contributed by atoms with Gasteiger partial charge in [-0.05, 0) is 32.4 Å². The molecule has 102 valence electrons. The van der Waals surface area contributed by atoms with Crippen LogP contribution in [0.25, 0.3) is 0 Å². The van der Waals surface area contributed by atoms with Gasteiger partial charge in [0.2, 0.25) is 0 Å². The van der Waals surface area contributed by atoms with E-state index >= 15 is 0 Å². The molecule has 0 aliphatic heterocycles. The van der Waals surface area contributed by atoms with Crippen LogP contribution in [0.5, 0.6) is 0 Å². The summed E-state index contributed by atoms with van der Waals surface area (Å²) in [5.41, 5.74) is -0.589. The van der Waals surface area contributed by atoms with E-state index in [4.69, 9.17) is 23.2 Å². The van der Waals surface area contributed by atoms with Crippen LogP contribution in [0, 0.1) is 0 Å². The lowest BCUT2D eigenvalue weighted by molar-refractivity contribution is 0.0772. The summed E-state index contributed by atoms with van der Waals surface area (Å²) >= 11 is 11.9. The molecule has 18 heavy (non-hydrogen) atoms. The molecule has 0 unspecified atom stereocenters. The van der Waals surface area contributed by atoms with Gasteiger partial charge in [-0.1, -0.05) is 29.3 Å². The Morgan fingerprint density at radius 2 is 1.72 bits per heavy atom. The zero-order valence-corrected chi connectivity index (χ0v) is 12.6. The maximum atomic E-state index is 11.9. The Labute approximate surface area is 118 Å². The Morgan fingerprint density at radius 1 is 1.22 bits per heavy atom. The second kappa shape index (κ2) is 5.78. The first-order valence-corrected chi connectivity index (χ1v) is 8.04. The van der Waals surface area contributed by atoms with Crippen molar-refractivity contribution in [3.05, 3.63) is 33.8 Å². The number of halogens is 2. The molecule has 0 heterocycles. The van der Waals surface area contributed by atoms with Crippen molar-refractivity contribution in [2.75, 3.05) is 5.75 Å². The van der Waals surface area contributed by atoms with Gasteiger partial charge in [-0.2, -0.15) is 0 Å². The van der Waals surface area contributed by atoms with E-state index in [1.54, 1.807) is 32.0 Å². The van der Waals surface area contributed by atoms with Crippen molar-refractivity contribution >= 4 is 33.0 Å². The molecule has 0 atom stereocenters. The van der Waals surface area contributed by atoms with Crippen LogP contribution in [-0.4, -0.2) is 24.9 Å². The summed E-state index contributed by atoms with van der Waals surface area (Å²) in [5, 5.41) is 10.2. The van der Waals surface area contributed by atoms with Crippen molar-refractivity contribution in [3.8, 4) is 0 Å². The van der Waals surface area contributed by atoms with Crippen molar-refractivity contribution in [1.29, 1.82) is 0 Å². The summed E-state index contributed by atoms with van der Waals surface area (Å²) in [6, 6.07) is 4.88.